The summed E-state index contributed by atoms with van der Waals surface area (Å²) in [6, 6.07) is 3.84. The Hall–Kier alpha value is -1.62. The van der Waals surface area contributed by atoms with E-state index >= 15 is 0 Å². The zero-order valence-electron chi connectivity index (χ0n) is 10.9. The van der Waals surface area contributed by atoms with Crippen molar-refractivity contribution in [2.75, 3.05) is 6.54 Å². The molecular formula is C14H19N3O2. The molecular weight excluding hydrogens is 242 g/mol. The molecule has 3 N–H and O–H groups in total. The third-order valence-electron chi connectivity index (χ3n) is 4.54. The summed E-state index contributed by atoms with van der Waals surface area (Å²) in [7, 11) is 0. The molecule has 5 heteroatoms. The van der Waals surface area contributed by atoms with Crippen molar-refractivity contribution in [2.24, 2.45) is 5.41 Å². The summed E-state index contributed by atoms with van der Waals surface area (Å²) in [4.78, 5) is 26.6. The van der Waals surface area contributed by atoms with Gasteiger partial charge >= 0.3 is 0 Å². The molecule has 1 aliphatic carbocycles. The molecule has 0 radical (unpaired) electrons. The molecule has 1 aromatic heterocycles. The highest BCUT2D eigenvalue weighted by molar-refractivity contribution is 5.84. The van der Waals surface area contributed by atoms with Gasteiger partial charge in [0.25, 0.3) is 5.56 Å². The van der Waals surface area contributed by atoms with Crippen molar-refractivity contribution in [3.8, 4) is 0 Å². The van der Waals surface area contributed by atoms with Crippen molar-refractivity contribution in [1.29, 1.82) is 0 Å². The van der Waals surface area contributed by atoms with Crippen molar-refractivity contribution < 1.29 is 4.79 Å². The Labute approximate surface area is 111 Å². The number of pyridine rings is 1. The number of rotatable bonds is 3. The largest absolute Gasteiger partial charge is 0.351 e. The smallest absolute Gasteiger partial charge is 0.252 e. The number of carbonyl (C=O) groups is 1. The number of fused-ring (bicyclic) bond motifs is 1. The Kier molecular flexibility index (Phi) is 3.14. The molecule has 5 nitrogen and oxygen atoms in total. The summed E-state index contributed by atoms with van der Waals surface area (Å²) < 4.78 is 0. The molecule has 19 heavy (non-hydrogen) atoms. The monoisotopic (exact) mass is 261 g/mol. The standard InChI is InChI=1S/C14H19N3O2/c18-12-10(3-2-7-16-12)9-17-13(19)14-5-1-4-11(14)15-8-6-14/h2-3,7,11,15H,1,4-6,8-9H2,(H,16,18)(H,17,19)/t11-,14+/m1/s1. The topological polar surface area (TPSA) is 74.0 Å². The first-order chi connectivity index (χ1) is 9.22. The fourth-order valence-corrected chi connectivity index (χ4v) is 3.47. The first-order valence-corrected chi connectivity index (χ1v) is 6.91. The number of H-pyrrole nitrogens is 1. The third kappa shape index (κ3) is 2.08. The van der Waals surface area contributed by atoms with E-state index in [1.807, 2.05) is 0 Å². The van der Waals surface area contributed by atoms with E-state index in [0.29, 0.717) is 18.2 Å². The van der Waals surface area contributed by atoms with Gasteiger partial charge in [-0.2, -0.15) is 0 Å². The van der Waals surface area contributed by atoms with Crippen LogP contribution in [-0.4, -0.2) is 23.5 Å². The average Bonchev–Trinajstić information content (AvgIpc) is 2.97. The van der Waals surface area contributed by atoms with Gasteiger partial charge in [0.15, 0.2) is 0 Å². The van der Waals surface area contributed by atoms with Crippen LogP contribution >= 0.6 is 0 Å². The number of amides is 1. The van der Waals surface area contributed by atoms with Crippen LogP contribution in [0.1, 0.15) is 31.2 Å². The van der Waals surface area contributed by atoms with Gasteiger partial charge in [0.05, 0.1) is 5.41 Å². The molecule has 2 heterocycles. The quantitative estimate of drug-likeness (QED) is 0.743. The number of hydrogen-bond acceptors (Lipinski definition) is 3. The highest BCUT2D eigenvalue weighted by atomic mass is 16.2. The van der Waals surface area contributed by atoms with Gasteiger partial charge in [-0.25, -0.2) is 0 Å². The Morgan fingerprint density at radius 3 is 3.21 bits per heavy atom. The highest BCUT2D eigenvalue weighted by Gasteiger charge is 2.51. The number of hydrogen-bond donors (Lipinski definition) is 3. The lowest BCUT2D eigenvalue weighted by atomic mass is 9.81. The van der Waals surface area contributed by atoms with Crippen LogP contribution in [0.25, 0.3) is 0 Å². The fraction of sp³-hybridized carbons (Fsp3) is 0.571. The van der Waals surface area contributed by atoms with Crippen molar-refractivity contribution in [1.82, 2.24) is 15.6 Å². The van der Waals surface area contributed by atoms with Crippen molar-refractivity contribution >= 4 is 5.91 Å². The number of aromatic amines is 1. The van der Waals surface area contributed by atoms with E-state index in [0.717, 1.165) is 32.2 Å². The molecule has 0 spiro atoms. The average molecular weight is 261 g/mol. The Morgan fingerprint density at radius 2 is 2.37 bits per heavy atom. The Balaban J connectivity index is 1.69. The summed E-state index contributed by atoms with van der Waals surface area (Å²) in [5.41, 5.74) is 0.238. The van der Waals surface area contributed by atoms with Gasteiger partial charge in [-0.1, -0.05) is 12.5 Å². The number of aromatic nitrogens is 1. The van der Waals surface area contributed by atoms with Crippen LogP contribution in [0.15, 0.2) is 23.1 Å². The van der Waals surface area contributed by atoms with Gasteiger partial charge in [0.2, 0.25) is 5.91 Å². The lowest BCUT2D eigenvalue weighted by molar-refractivity contribution is -0.131. The van der Waals surface area contributed by atoms with Crippen LogP contribution < -0.4 is 16.2 Å². The molecule has 1 saturated heterocycles. The van der Waals surface area contributed by atoms with E-state index < -0.39 is 0 Å². The molecule has 1 aliphatic heterocycles. The van der Waals surface area contributed by atoms with Gasteiger partial charge in [-0.3, -0.25) is 9.59 Å². The van der Waals surface area contributed by atoms with Gasteiger partial charge in [-0.15, -0.1) is 0 Å². The lowest BCUT2D eigenvalue weighted by Gasteiger charge is -2.27. The fourth-order valence-electron chi connectivity index (χ4n) is 3.47. The molecule has 3 rings (SSSR count). The minimum absolute atomic E-state index is 0.100. The van der Waals surface area contributed by atoms with Gasteiger partial charge < -0.3 is 15.6 Å². The van der Waals surface area contributed by atoms with Crippen molar-refractivity contribution in [3.63, 3.8) is 0 Å². The second kappa shape index (κ2) is 4.81. The molecule has 1 amide bonds. The van der Waals surface area contributed by atoms with Gasteiger partial charge in [0, 0.05) is 24.3 Å². The van der Waals surface area contributed by atoms with E-state index in [1.165, 1.54) is 0 Å². The van der Waals surface area contributed by atoms with Crippen LogP contribution in [0.3, 0.4) is 0 Å². The van der Waals surface area contributed by atoms with Crippen LogP contribution in [0.2, 0.25) is 0 Å². The van der Waals surface area contributed by atoms with E-state index in [9.17, 15) is 9.59 Å². The number of carbonyl (C=O) groups excluding carboxylic acids is 1. The maximum absolute atomic E-state index is 12.5. The minimum Gasteiger partial charge on any atom is -0.351 e. The van der Waals surface area contributed by atoms with Crippen LogP contribution in [-0.2, 0) is 11.3 Å². The number of nitrogens with one attached hydrogen (secondary N) is 3. The first-order valence-electron chi connectivity index (χ1n) is 6.91. The van der Waals surface area contributed by atoms with E-state index in [1.54, 1.807) is 18.3 Å². The molecule has 2 atom stereocenters. The molecule has 1 saturated carbocycles. The minimum atomic E-state index is -0.235. The molecule has 102 valence electrons. The van der Waals surface area contributed by atoms with Crippen LogP contribution in [0.4, 0.5) is 0 Å². The van der Waals surface area contributed by atoms with Gasteiger partial charge in [0.1, 0.15) is 0 Å². The Morgan fingerprint density at radius 1 is 1.47 bits per heavy atom. The maximum Gasteiger partial charge on any atom is 0.252 e. The summed E-state index contributed by atoms with van der Waals surface area (Å²) in [5.74, 6) is 0.100. The summed E-state index contributed by atoms with van der Waals surface area (Å²) in [6.45, 7) is 1.23. The molecule has 0 unspecified atom stereocenters. The van der Waals surface area contributed by atoms with Crippen LogP contribution in [0, 0.1) is 5.41 Å². The summed E-state index contributed by atoms with van der Waals surface area (Å²) in [6.07, 6.45) is 5.66. The van der Waals surface area contributed by atoms with E-state index in [4.69, 9.17) is 0 Å². The molecule has 1 aromatic rings. The van der Waals surface area contributed by atoms with E-state index in [-0.39, 0.29) is 16.9 Å². The predicted molar refractivity (Wildman–Crippen MR) is 71.6 cm³/mol. The van der Waals surface area contributed by atoms with E-state index in [2.05, 4.69) is 15.6 Å². The molecule has 2 aliphatic rings. The van der Waals surface area contributed by atoms with Gasteiger partial charge in [-0.05, 0) is 31.9 Å². The summed E-state index contributed by atoms with van der Waals surface area (Å²) in [5, 5.41) is 6.37. The second-order valence-corrected chi connectivity index (χ2v) is 5.51. The summed E-state index contributed by atoms with van der Waals surface area (Å²) >= 11 is 0. The maximum atomic E-state index is 12.5. The normalized spacial score (nSPS) is 29.2. The second-order valence-electron chi connectivity index (χ2n) is 5.51. The zero-order valence-corrected chi connectivity index (χ0v) is 10.9. The van der Waals surface area contributed by atoms with Crippen molar-refractivity contribution in [2.45, 2.75) is 38.3 Å². The third-order valence-corrected chi connectivity index (χ3v) is 4.54. The Bertz CT molecular complexity index is 527. The molecule has 0 aromatic carbocycles. The lowest BCUT2D eigenvalue weighted by Crippen LogP contribution is -2.45. The first kappa shape index (κ1) is 12.4. The highest BCUT2D eigenvalue weighted by Crippen LogP contribution is 2.44. The van der Waals surface area contributed by atoms with Crippen LogP contribution in [0.5, 0.6) is 0 Å². The zero-order chi connectivity index (χ0) is 13.3. The predicted octanol–water partition coefficient (Wildman–Crippen LogP) is 0.523. The SMILES string of the molecule is O=C(NCc1ccc[nH]c1=O)[C@]12CCC[C@H]1NCC2. The molecule has 2 fully saturated rings. The molecule has 0 bridgehead atoms. The van der Waals surface area contributed by atoms with Crippen molar-refractivity contribution in [3.05, 3.63) is 34.2 Å².